The first-order chi connectivity index (χ1) is 7.38. The van der Waals surface area contributed by atoms with E-state index in [2.05, 4.69) is 6.07 Å². The Morgan fingerprint density at radius 3 is 2.50 bits per heavy atom. The van der Waals surface area contributed by atoms with E-state index in [0.29, 0.717) is 19.0 Å². The van der Waals surface area contributed by atoms with Gasteiger partial charge >= 0.3 is 0 Å². The summed E-state index contributed by atoms with van der Waals surface area (Å²) in [5.74, 6) is -0.00903. The van der Waals surface area contributed by atoms with Crippen LogP contribution in [-0.4, -0.2) is 29.4 Å². The Bertz CT molecular complexity index is 296. The van der Waals surface area contributed by atoms with Gasteiger partial charge in [-0.3, -0.25) is 4.79 Å². The maximum Gasteiger partial charge on any atom is 0.240 e. The molecular formula is C12H21N3O. The van der Waals surface area contributed by atoms with E-state index >= 15 is 0 Å². The molecule has 1 aliphatic carbocycles. The molecule has 1 amide bonds. The van der Waals surface area contributed by atoms with Crippen LogP contribution in [0.2, 0.25) is 0 Å². The summed E-state index contributed by atoms with van der Waals surface area (Å²) in [6.07, 6.45) is 2.49. The fourth-order valence-electron chi connectivity index (χ4n) is 1.58. The zero-order chi connectivity index (χ0) is 12.3. The van der Waals surface area contributed by atoms with Gasteiger partial charge in [0.05, 0.1) is 18.5 Å². The number of amides is 1. The number of carbonyl (C=O) groups excluding carboxylic acids is 1. The Balaban J connectivity index is 2.64. The lowest BCUT2D eigenvalue weighted by Gasteiger charge is -2.31. The van der Waals surface area contributed by atoms with Gasteiger partial charge in [-0.05, 0) is 18.3 Å². The molecule has 0 aliphatic heterocycles. The summed E-state index contributed by atoms with van der Waals surface area (Å²) in [5.41, 5.74) is 5.73. The molecule has 0 aromatic carbocycles. The normalized spacial score (nSPS) is 17.7. The lowest BCUT2D eigenvalue weighted by atomic mass is 9.86. The number of hydrogen-bond acceptors (Lipinski definition) is 3. The predicted molar refractivity (Wildman–Crippen MR) is 62.4 cm³/mol. The number of nitriles is 1. The molecule has 0 heterocycles. The Morgan fingerprint density at radius 2 is 2.12 bits per heavy atom. The Morgan fingerprint density at radius 1 is 1.56 bits per heavy atom. The van der Waals surface area contributed by atoms with Crippen LogP contribution in [0.1, 0.15) is 40.0 Å². The molecule has 4 nitrogen and oxygen atoms in total. The summed E-state index contributed by atoms with van der Waals surface area (Å²) in [6, 6.07) is 1.93. The summed E-state index contributed by atoms with van der Waals surface area (Å²) >= 11 is 0. The monoisotopic (exact) mass is 223 g/mol. The number of carbonyl (C=O) groups is 1. The summed E-state index contributed by atoms with van der Waals surface area (Å²) in [4.78, 5) is 14.0. The highest BCUT2D eigenvalue weighted by Crippen LogP contribution is 2.29. The Labute approximate surface area is 97.4 Å². The number of nitrogens with zero attached hydrogens (tertiary/aromatic N) is 2. The van der Waals surface area contributed by atoms with E-state index in [9.17, 15) is 4.79 Å². The lowest BCUT2D eigenvalue weighted by molar-refractivity contribution is -0.135. The van der Waals surface area contributed by atoms with E-state index in [1.54, 1.807) is 4.90 Å². The first kappa shape index (κ1) is 13.0. The van der Waals surface area contributed by atoms with Crippen molar-refractivity contribution in [3.63, 3.8) is 0 Å². The molecule has 2 N–H and O–H groups in total. The third-order valence-corrected chi connectivity index (χ3v) is 2.93. The van der Waals surface area contributed by atoms with Crippen molar-refractivity contribution >= 4 is 5.91 Å². The van der Waals surface area contributed by atoms with E-state index in [1.807, 2.05) is 20.8 Å². The van der Waals surface area contributed by atoms with Gasteiger partial charge in [-0.1, -0.05) is 20.8 Å². The van der Waals surface area contributed by atoms with Crippen LogP contribution in [0, 0.1) is 16.7 Å². The van der Waals surface area contributed by atoms with Crippen molar-refractivity contribution in [2.24, 2.45) is 11.1 Å². The average molecular weight is 223 g/mol. The highest BCUT2D eigenvalue weighted by Gasteiger charge is 2.37. The standard InChI is InChI=1S/C12H21N3O/c1-12(2,3)10(14)11(16)15(8-4-7-13)9-5-6-9/h9-10H,4-6,8,14H2,1-3H3/t10-/m0/s1. The summed E-state index contributed by atoms with van der Waals surface area (Å²) in [7, 11) is 0. The van der Waals surface area contributed by atoms with E-state index in [4.69, 9.17) is 11.0 Å². The summed E-state index contributed by atoms with van der Waals surface area (Å²) in [6.45, 7) is 6.41. The van der Waals surface area contributed by atoms with Crippen LogP contribution in [0.3, 0.4) is 0 Å². The fraction of sp³-hybridized carbons (Fsp3) is 0.833. The van der Waals surface area contributed by atoms with Crippen molar-refractivity contribution in [3.05, 3.63) is 0 Å². The molecule has 0 spiro atoms. The molecule has 4 heteroatoms. The second-order valence-electron chi connectivity index (χ2n) is 5.51. The van der Waals surface area contributed by atoms with Crippen molar-refractivity contribution in [2.45, 2.75) is 52.1 Å². The molecule has 1 rings (SSSR count). The number of hydrogen-bond donors (Lipinski definition) is 1. The molecule has 0 saturated heterocycles. The molecule has 1 saturated carbocycles. The highest BCUT2D eigenvalue weighted by molar-refractivity contribution is 5.83. The van der Waals surface area contributed by atoms with Crippen molar-refractivity contribution < 1.29 is 4.79 Å². The van der Waals surface area contributed by atoms with Crippen LogP contribution in [0.4, 0.5) is 0 Å². The minimum absolute atomic E-state index is 0.00903. The molecule has 1 atom stereocenters. The molecular weight excluding hydrogens is 202 g/mol. The van der Waals surface area contributed by atoms with Gasteiger partial charge < -0.3 is 10.6 Å². The van der Waals surface area contributed by atoms with Crippen molar-refractivity contribution in [1.29, 1.82) is 5.26 Å². The van der Waals surface area contributed by atoms with Crippen LogP contribution in [0.5, 0.6) is 0 Å². The molecule has 0 aromatic heterocycles. The molecule has 0 aromatic rings. The quantitative estimate of drug-likeness (QED) is 0.780. The number of nitrogens with two attached hydrogens (primary N) is 1. The maximum atomic E-state index is 12.2. The van der Waals surface area contributed by atoms with Gasteiger partial charge in [-0.2, -0.15) is 5.26 Å². The van der Waals surface area contributed by atoms with E-state index in [0.717, 1.165) is 12.8 Å². The van der Waals surface area contributed by atoms with Crippen molar-refractivity contribution in [3.8, 4) is 6.07 Å². The second-order valence-corrected chi connectivity index (χ2v) is 5.51. The topological polar surface area (TPSA) is 70.1 Å². The molecule has 1 aliphatic rings. The summed E-state index contributed by atoms with van der Waals surface area (Å²) in [5, 5.41) is 8.58. The molecule has 16 heavy (non-hydrogen) atoms. The highest BCUT2D eigenvalue weighted by atomic mass is 16.2. The minimum atomic E-state index is -0.480. The van der Waals surface area contributed by atoms with Gasteiger partial charge in [-0.25, -0.2) is 0 Å². The van der Waals surface area contributed by atoms with Gasteiger partial charge in [0.25, 0.3) is 0 Å². The van der Waals surface area contributed by atoms with Gasteiger partial charge in [0, 0.05) is 12.6 Å². The van der Waals surface area contributed by atoms with Crippen LogP contribution >= 0.6 is 0 Å². The van der Waals surface area contributed by atoms with E-state index in [-0.39, 0.29) is 11.3 Å². The van der Waals surface area contributed by atoms with Crippen LogP contribution in [0.25, 0.3) is 0 Å². The third kappa shape index (κ3) is 3.21. The second kappa shape index (κ2) is 4.84. The maximum absolute atomic E-state index is 12.2. The average Bonchev–Trinajstić information content (AvgIpc) is 2.99. The largest absolute Gasteiger partial charge is 0.337 e. The van der Waals surface area contributed by atoms with Crippen molar-refractivity contribution in [1.82, 2.24) is 4.90 Å². The smallest absolute Gasteiger partial charge is 0.240 e. The van der Waals surface area contributed by atoms with Gasteiger partial charge in [0.1, 0.15) is 0 Å². The molecule has 0 unspecified atom stereocenters. The predicted octanol–water partition coefficient (Wildman–Crippen LogP) is 1.26. The third-order valence-electron chi connectivity index (χ3n) is 2.93. The number of rotatable bonds is 4. The van der Waals surface area contributed by atoms with Gasteiger partial charge in [-0.15, -0.1) is 0 Å². The zero-order valence-electron chi connectivity index (χ0n) is 10.4. The van der Waals surface area contributed by atoms with Gasteiger partial charge in [0.2, 0.25) is 5.91 Å². The van der Waals surface area contributed by atoms with E-state index in [1.165, 1.54) is 0 Å². The summed E-state index contributed by atoms with van der Waals surface area (Å²) < 4.78 is 0. The van der Waals surface area contributed by atoms with Crippen LogP contribution in [-0.2, 0) is 4.79 Å². The van der Waals surface area contributed by atoms with Crippen LogP contribution in [0.15, 0.2) is 0 Å². The van der Waals surface area contributed by atoms with Crippen molar-refractivity contribution in [2.75, 3.05) is 6.54 Å². The fourth-order valence-corrected chi connectivity index (χ4v) is 1.58. The van der Waals surface area contributed by atoms with Gasteiger partial charge in [0.15, 0.2) is 0 Å². The first-order valence-corrected chi connectivity index (χ1v) is 5.81. The zero-order valence-corrected chi connectivity index (χ0v) is 10.4. The lowest BCUT2D eigenvalue weighted by Crippen LogP contribution is -2.51. The first-order valence-electron chi connectivity index (χ1n) is 5.81. The molecule has 0 bridgehead atoms. The Hall–Kier alpha value is -1.08. The van der Waals surface area contributed by atoms with Crippen LogP contribution < -0.4 is 5.73 Å². The Kier molecular flexibility index (Phi) is 3.93. The minimum Gasteiger partial charge on any atom is -0.337 e. The molecule has 90 valence electrons. The van der Waals surface area contributed by atoms with E-state index < -0.39 is 6.04 Å². The SMILES string of the molecule is CC(C)(C)[C@@H](N)C(=O)N(CCC#N)C1CC1. The molecule has 1 fully saturated rings. The molecule has 0 radical (unpaired) electrons.